The fourth-order valence-corrected chi connectivity index (χ4v) is 7.84. The number of hydrogen-bond acceptors (Lipinski definition) is 3. The predicted octanol–water partition coefficient (Wildman–Crippen LogP) is 10.8. The van der Waals surface area contributed by atoms with Crippen molar-refractivity contribution in [1.29, 1.82) is 0 Å². The summed E-state index contributed by atoms with van der Waals surface area (Å²) in [6.45, 7) is 4.14. The van der Waals surface area contributed by atoms with Crippen LogP contribution < -0.4 is 4.74 Å². The molecule has 4 heterocycles. The fraction of sp³-hybridized carbons (Fsp3) is 0.0698. The third-order valence-electron chi connectivity index (χ3n) is 9.79. The van der Waals surface area contributed by atoms with Gasteiger partial charge in [0.15, 0.2) is 0 Å². The molecule has 9 aromatic rings. The Morgan fingerprint density at radius 1 is 0.604 bits per heavy atom. The highest BCUT2D eigenvalue weighted by atomic mass is 16.5. The predicted molar refractivity (Wildman–Crippen MR) is 198 cm³/mol. The summed E-state index contributed by atoms with van der Waals surface area (Å²) in [7, 11) is 0. The van der Waals surface area contributed by atoms with Crippen molar-refractivity contribution >= 4 is 65.3 Å². The highest BCUT2D eigenvalue weighted by Crippen LogP contribution is 2.46. The Bertz CT molecular complexity index is 2850. The minimum atomic E-state index is 0.663. The van der Waals surface area contributed by atoms with E-state index in [4.69, 9.17) is 14.7 Å². The Labute approximate surface area is 276 Å². The van der Waals surface area contributed by atoms with E-state index in [-0.39, 0.29) is 0 Å². The Hall–Kier alpha value is -6.20. The molecule has 5 heteroatoms. The maximum Gasteiger partial charge on any atom is 0.235 e. The van der Waals surface area contributed by atoms with Gasteiger partial charge in [0.2, 0.25) is 5.95 Å². The van der Waals surface area contributed by atoms with E-state index in [0.29, 0.717) is 12.4 Å². The van der Waals surface area contributed by atoms with Crippen LogP contribution in [0.4, 0.5) is 0 Å². The molecule has 5 nitrogen and oxygen atoms in total. The molecule has 0 unspecified atom stereocenters. The van der Waals surface area contributed by atoms with Crippen LogP contribution >= 0.6 is 0 Å². The number of benzene rings is 6. The van der Waals surface area contributed by atoms with E-state index >= 15 is 0 Å². The van der Waals surface area contributed by atoms with E-state index in [1.807, 2.05) is 31.2 Å². The van der Waals surface area contributed by atoms with Crippen LogP contribution in [0.3, 0.4) is 0 Å². The number of hydrogen-bond donors (Lipinski definition) is 0. The number of ether oxygens (including phenoxy) is 1. The smallest absolute Gasteiger partial charge is 0.235 e. The van der Waals surface area contributed by atoms with Gasteiger partial charge in [0, 0.05) is 39.0 Å². The van der Waals surface area contributed by atoms with E-state index in [1.165, 1.54) is 43.4 Å². The van der Waals surface area contributed by atoms with Gasteiger partial charge in [-0.15, -0.1) is 0 Å². The summed E-state index contributed by atoms with van der Waals surface area (Å²) in [5.74, 6) is 2.32. The molecule has 0 saturated carbocycles. The van der Waals surface area contributed by atoms with Crippen molar-refractivity contribution in [2.45, 2.75) is 20.3 Å². The van der Waals surface area contributed by atoms with Crippen LogP contribution in [0.15, 0.2) is 145 Å². The second-order valence-electron chi connectivity index (χ2n) is 12.6. The number of rotatable bonds is 3. The zero-order chi connectivity index (χ0) is 31.9. The van der Waals surface area contributed by atoms with Crippen LogP contribution in [0, 0.1) is 0 Å². The van der Waals surface area contributed by atoms with Gasteiger partial charge in [-0.1, -0.05) is 91.0 Å². The molecule has 0 amide bonds. The maximum absolute atomic E-state index is 6.45. The van der Waals surface area contributed by atoms with Gasteiger partial charge in [-0.3, -0.25) is 4.57 Å². The monoisotopic (exact) mass is 618 g/mol. The third kappa shape index (κ3) is 3.67. The van der Waals surface area contributed by atoms with Crippen LogP contribution in [0.2, 0.25) is 0 Å². The Morgan fingerprint density at radius 3 is 2.04 bits per heavy atom. The average Bonchev–Trinajstić information content (AvgIpc) is 3.61. The van der Waals surface area contributed by atoms with Gasteiger partial charge >= 0.3 is 0 Å². The first-order valence-corrected chi connectivity index (χ1v) is 16.4. The van der Waals surface area contributed by atoms with Crippen molar-refractivity contribution in [2.24, 2.45) is 0 Å². The highest BCUT2D eigenvalue weighted by Gasteiger charge is 2.26. The lowest BCUT2D eigenvalue weighted by atomic mass is 9.99. The fourth-order valence-electron chi connectivity index (χ4n) is 7.84. The summed E-state index contributed by atoms with van der Waals surface area (Å²) in [6, 6.07) is 43.1. The molecule has 1 aliphatic rings. The second-order valence-corrected chi connectivity index (χ2v) is 12.6. The molecule has 0 radical (unpaired) electrons. The van der Waals surface area contributed by atoms with E-state index < -0.39 is 0 Å². The lowest BCUT2D eigenvalue weighted by molar-refractivity contribution is 0.444. The Kier molecular flexibility index (Phi) is 5.70. The van der Waals surface area contributed by atoms with Gasteiger partial charge in [0.1, 0.15) is 11.5 Å². The van der Waals surface area contributed by atoms with Crippen molar-refractivity contribution in [3.05, 3.63) is 151 Å². The highest BCUT2D eigenvalue weighted by molar-refractivity contribution is 6.36. The summed E-state index contributed by atoms with van der Waals surface area (Å²) < 4.78 is 11.2. The molecule has 0 bridgehead atoms. The molecule has 0 N–H and O–H groups in total. The molecular formula is C43H30N4O. The first-order chi connectivity index (χ1) is 23.7. The SMILES string of the molecule is C/C=C\C1=C(C)Cc2nc(-n3c4ccccc4c4c5ccccc5c5c(c6ccccc6n5-c5ccccc5)c43)nc3cccc(c23)O1. The van der Waals surface area contributed by atoms with E-state index in [1.54, 1.807) is 0 Å². The number of allylic oxidation sites excluding steroid dienone is 3. The molecule has 0 atom stereocenters. The second kappa shape index (κ2) is 10.1. The molecule has 0 spiro atoms. The molecule has 10 rings (SSSR count). The molecule has 0 aliphatic carbocycles. The van der Waals surface area contributed by atoms with Crippen molar-refractivity contribution < 1.29 is 4.74 Å². The van der Waals surface area contributed by atoms with Gasteiger partial charge in [0.05, 0.1) is 38.7 Å². The standard InChI is InChI=1S/C43H30N4O/c1-3-14-36-26(2)25-33-40-32(21-13-24-37(40)48-36)44-43(45-33)47-35-23-12-9-19-30(35)38-28-17-7-8-18-29(28)41-39(42(38)47)31-20-10-11-22-34(31)46(41)27-15-5-4-6-16-27/h3-24H,25H2,1-2H3/b14-3-. The van der Waals surface area contributed by atoms with Gasteiger partial charge in [-0.25, -0.2) is 9.97 Å². The lowest BCUT2D eigenvalue weighted by Gasteiger charge is -2.14. The van der Waals surface area contributed by atoms with Crippen molar-refractivity contribution in [2.75, 3.05) is 0 Å². The number of fused-ring (bicyclic) bond motifs is 10. The summed E-state index contributed by atoms with van der Waals surface area (Å²) >= 11 is 0. The third-order valence-corrected chi connectivity index (χ3v) is 9.79. The van der Waals surface area contributed by atoms with Crippen LogP contribution in [0.25, 0.3) is 76.9 Å². The van der Waals surface area contributed by atoms with E-state index in [2.05, 4.69) is 125 Å². The van der Waals surface area contributed by atoms with Gasteiger partial charge in [0.25, 0.3) is 0 Å². The van der Waals surface area contributed by atoms with Crippen LogP contribution in [-0.4, -0.2) is 19.1 Å². The molecule has 1 aliphatic heterocycles. The molecule has 3 aromatic heterocycles. The van der Waals surface area contributed by atoms with E-state index in [9.17, 15) is 0 Å². The molecule has 228 valence electrons. The number of para-hydroxylation sites is 3. The molecule has 48 heavy (non-hydrogen) atoms. The van der Waals surface area contributed by atoms with Crippen LogP contribution in [-0.2, 0) is 6.42 Å². The van der Waals surface area contributed by atoms with Crippen molar-refractivity contribution in [3.63, 3.8) is 0 Å². The van der Waals surface area contributed by atoms with Crippen LogP contribution in [0.1, 0.15) is 19.5 Å². The van der Waals surface area contributed by atoms with Gasteiger partial charge in [-0.05, 0) is 67.3 Å². The largest absolute Gasteiger partial charge is 0.457 e. The molecule has 0 saturated heterocycles. The minimum absolute atomic E-state index is 0.663. The average molecular weight is 619 g/mol. The Balaban J connectivity index is 1.43. The van der Waals surface area contributed by atoms with Gasteiger partial charge in [-0.2, -0.15) is 0 Å². The first kappa shape index (κ1) is 27.0. The quantitative estimate of drug-likeness (QED) is 0.198. The molecule has 6 aromatic carbocycles. The lowest BCUT2D eigenvalue weighted by Crippen LogP contribution is -2.05. The summed E-state index contributed by atoms with van der Waals surface area (Å²) in [5, 5.41) is 8.17. The summed E-state index contributed by atoms with van der Waals surface area (Å²) in [6.07, 6.45) is 4.73. The van der Waals surface area contributed by atoms with Crippen molar-refractivity contribution in [1.82, 2.24) is 19.1 Å². The maximum atomic E-state index is 6.45. The van der Waals surface area contributed by atoms with Crippen LogP contribution in [0.5, 0.6) is 5.75 Å². The zero-order valence-electron chi connectivity index (χ0n) is 26.6. The Morgan fingerprint density at radius 2 is 1.27 bits per heavy atom. The first-order valence-electron chi connectivity index (χ1n) is 16.4. The van der Waals surface area contributed by atoms with E-state index in [0.717, 1.165) is 50.4 Å². The topological polar surface area (TPSA) is 44.9 Å². The minimum Gasteiger partial charge on any atom is -0.457 e. The zero-order valence-corrected chi connectivity index (χ0v) is 26.6. The molecule has 0 fully saturated rings. The molecular weight excluding hydrogens is 589 g/mol. The van der Waals surface area contributed by atoms with Crippen molar-refractivity contribution in [3.8, 4) is 17.4 Å². The number of nitrogens with zero attached hydrogens (tertiary/aromatic N) is 4. The normalized spacial score (nSPS) is 13.5. The van der Waals surface area contributed by atoms with Gasteiger partial charge < -0.3 is 9.30 Å². The number of aromatic nitrogens is 4. The summed E-state index contributed by atoms with van der Waals surface area (Å²) in [5.41, 5.74) is 8.65. The summed E-state index contributed by atoms with van der Waals surface area (Å²) in [4.78, 5) is 10.7.